The average molecular weight is 196 g/mol. The minimum atomic E-state index is -0.362. The van der Waals surface area contributed by atoms with E-state index in [-0.39, 0.29) is 17.5 Å². The topological polar surface area (TPSA) is 35.5 Å². The molecule has 1 aliphatic carbocycles. The van der Waals surface area contributed by atoms with Crippen molar-refractivity contribution in [2.24, 2.45) is 0 Å². The summed E-state index contributed by atoms with van der Waals surface area (Å²) < 4.78 is 11.1. The molecule has 0 saturated heterocycles. The van der Waals surface area contributed by atoms with E-state index < -0.39 is 0 Å². The highest BCUT2D eigenvalue weighted by atomic mass is 16.5. The third-order valence-corrected chi connectivity index (χ3v) is 3.22. The second-order valence-corrected chi connectivity index (χ2v) is 4.10. The zero-order valence-corrected chi connectivity index (χ0v) is 8.49. The molecule has 78 valence electrons. The first-order chi connectivity index (χ1) is 6.77. The highest BCUT2D eigenvalue weighted by Crippen LogP contribution is 2.38. The van der Waals surface area contributed by atoms with Crippen molar-refractivity contribution in [2.75, 3.05) is 7.11 Å². The van der Waals surface area contributed by atoms with Crippen LogP contribution in [0.4, 0.5) is 0 Å². The van der Waals surface area contributed by atoms with Crippen LogP contribution in [0.25, 0.3) is 0 Å². The Hall–Kier alpha value is -0.830. The molecule has 1 heterocycles. The lowest BCUT2D eigenvalue weighted by molar-refractivity contribution is -0.147. The quantitative estimate of drug-likeness (QED) is 0.641. The van der Waals surface area contributed by atoms with Crippen molar-refractivity contribution in [2.45, 2.75) is 43.8 Å². The van der Waals surface area contributed by atoms with Crippen LogP contribution in [0.2, 0.25) is 0 Å². The number of carbonyl (C=O) groups is 1. The van der Waals surface area contributed by atoms with Gasteiger partial charge in [0.2, 0.25) is 0 Å². The smallest absolute Gasteiger partial charge is 0.162 e. The Morgan fingerprint density at radius 1 is 1.57 bits per heavy atom. The molecule has 0 aromatic rings. The molecule has 3 nitrogen and oxygen atoms in total. The minimum Gasteiger partial charge on any atom is -0.492 e. The number of rotatable bonds is 1. The monoisotopic (exact) mass is 196 g/mol. The molecule has 0 amide bonds. The first-order valence-electron chi connectivity index (χ1n) is 5.17. The first kappa shape index (κ1) is 9.71. The van der Waals surface area contributed by atoms with Gasteiger partial charge in [0.15, 0.2) is 5.78 Å². The van der Waals surface area contributed by atoms with E-state index >= 15 is 0 Å². The highest BCUT2D eigenvalue weighted by molar-refractivity contribution is 5.91. The number of allylic oxidation sites excluding steroid dienone is 1. The van der Waals surface area contributed by atoms with Crippen molar-refractivity contribution in [3.63, 3.8) is 0 Å². The second kappa shape index (κ2) is 3.73. The van der Waals surface area contributed by atoms with E-state index in [2.05, 4.69) is 0 Å². The Labute approximate surface area is 84.1 Å². The maximum Gasteiger partial charge on any atom is 0.162 e. The molecule has 0 aromatic heterocycles. The van der Waals surface area contributed by atoms with Crippen molar-refractivity contribution in [3.05, 3.63) is 12.3 Å². The van der Waals surface area contributed by atoms with Gasteiger partial charge in [-0.15, -0.1) is 0 Å². The number of methoxy groups -OCH3 is 1. The van der Waals surface area contributed by atoms with E-state index in [1.165, 1.54) is 18.8 Å². The van der Waals surface area contributed by atoms with Crippen LogP contribution in [0.5, 0.6) is 0 Å². The molecule has 1 saturated carbocycles. The lowest BCUT2D eigenvalue weighted by Gasteiger charge is -2.43. The molecule has 2 unspecified atom stereocenters. The fourth-order valence-corrected chi connectivity index (χ4v) is 2.49. The molecule has 1 fully saturated rings. The maximum absolute atomic E-state index is 11.4. The molecule has 14 heavy (non-hydrogen) atoms. The number of carbonyl (C=O) groups excluding carboxylic acids is 1. The van der Waals surface area contributed by atoms with E-state index in [0.29, 0.717) is 6.42 Å². The molecular weight excluding hydrogens is 180 g/mol. The van der Waals surface area contributed by atoms with Gasteiger partial charge in [0, 0.05) is 13.2 Å². The summed E-state index contributed by atoms with van der Waals surface area (Å²) in [5.41, 5.74) is -0.362. The van der Waals surface area contributed by atoms with Crippen LogP contribution in [0.3, 0.4) is 0 Å². The number of ether oxygens (including phenoxy) is 2. The largest absolute Gasteiger partial charge is 0.492 e. The predicted molar refractivity (Wildman–Crippen MR) is 51.8 cm³/mol. The third kappa shape index (κ3) is 1.57. The SMILES string of the molecule is COC1CCCCC12CC(=O)C=CO2. The summed E-state index contributed by atoms with van der Waals surface area (Å²) in [6.07, 6.45) is 7.81. The van der Waals surface area contributed by atoms with Gasteiger partial charge in [0.1, 0.15) is 5.60 Å². The molecule has 0 bridgehead atoms. The van der Waals surface area contributed by atoms with Crippen molar-refractivity contribution < 1.29 is 14.3 Å². The van der Waals surface area contributed by atoms with E-state index in [1.807, 2.05) is 0 Å². The molecule has 0 aromatic carbocycles. The van der Waals surface area contributed by atoms with Crippen molar-refractivity contribution in [1.29, 1.82) is 0 Å². The van der Waals surface area contributed by atoms with Crippen molar-refractivity contribution in [1.82, 2.24) is 0 Å². The third-order valence-electron chi connectivity index (χ3n) is 3.22. The van der Waals surface area contributed by atoms with Gasteiger partial charge in [-0.2, -0.15) is 0 Å². The summed E-state index contributed by atoms with van der Waals surface area (Å²) in [6, 6.07) is 0. The van der Waals surface area contributed by atoms with Gasteiger partial charge in [-0.1, -0.05) is 6.42 Å². The van der Waals surface area contributed by atoms with Gasteiger partial charge in [-0.3, -0.25) is 4.79 Å². The van der Waals surface area contributed by atoms with E-state index in [0.717, 1.165) is 19.3 Å². The molecule has 2 aliphatic rings. The van der Waals surface area contributed by atoms with Gasteiger partial charge < -0.3 is 9.47 Å². The fourth-order valence-electron chi connectivity index (χ4n) is 2.49. The summed E-state index contributed by atoms with van der Waals surface area (Å²) in [4.78, 5) is 11.4. The summed E-state index contributed by atoms with van der Waals surface area (Å²) in [5, 5.41) is 0. The molecule has 1 aliphatic heterocycles. The minimum absolute atomic E-state index is 0.0742. The van der Waals surface area contributed by atoms with Crippen LogP contribution in [-0.4, -0.2) is 24.6 Å². The van der Waals surface area contributed by atoms with Gasteiger partial charge in [0.25, 0.3) is 0 Å². The Bertz CT molecular complexity index is 259. The van der Waals surface area contributed by atoms with Gasteiger partial charge >= 0.3 is 0 Å². The summed E-state index contributed by atoms with van der Waals surface area (Å²) in [7, 11) is 1.70. The molecule has 3 heteroatoms. The molecule has 0 N–H and O–H groups in total. The molecule has 0 radical (unpaired) electrons. The average Bonchev–Trinajstić information content (AvgIpc) is 2.18. The Kier molecular flexibility index (Phi) is 2.59. The van der Waals surface area contributed by atoms with Crippen LogP contribution in [-0.2, 0) is 14.3 Å². The van der Waals surface area contributed by atoms with Crippen LogP contribution in [0.1, 0.15) is 32.1 Å². The number of hydrogen-bond acceptors (Lipinski definition) is 3. The lowest BCUT2D eigenvalue weighted by Crippen LogP contribution is -2.49. The lowest BCUT2D eigenvalue weighted by atomic mass is 9.78. The highest BCUT2D eigenvalue weighted by Gasteiger charge is 2.45. The summed E-state index contributed by atoms with van der Waals surface area (Å²) in [6.45, 7) is 0. The molecule has 1 spiro atoms. The van der Waals surface area contributed by atoms with Gasteiger partial charge in [-0.05, 0) is 19.3 Å². The fraction of sp³-hybridized carbons (Fsp3) is 0.727. The Morgan fingerprint density at radius 2 is 2.43 bits per heavy atom. The molecular formula is C11H16O3. The molecule has 2 rings (SSSR count). The normalized spacial score (nSPS) is 37.2. The van der Waals surface area contributed by atoms with Crippen LogP contribution in [0, 0.1) is 0 Å². The predicted octanol–water partition coefficient (Wildman–Crippen LogP) is 1.82. The van der Waals surface area contributed by atoms with Crippen LogP contribution in [0.15, 0.2) is 12.3 Å². The number of hydrogen-bond donors (Lipinski definition) is 0. The van der Waals surface area contributed by atoms with Crippen molar-refractivity contribution in [3.8, 4) is 0 Å². The zero-order chi connectivity index (χ0) is 10.0. The van der Waals surface area contributed by atoms with Crippen molar-refractivity contribution >= 4 is 5.78 Å². The standard InChI is InChI=1S/C11H16O3/c1-13-10-4-2-3-6-11(10)8-9(12)5-7-14-11/h5,7,10H,2-4,6,8H2,1H3. The van der Waals surface area contributed by atoms with Crippen LogP contribution >= 0.6 is 0 Å². The summed E-state index contributed by atoms with van der Waals surface area (Å²) >= 11 is 0. The second-order valence-electron chi connectivity index (χ2n) is 4.10. The maximum atomic E-state index is 11.4. The summed E-state index contributed by atoms with van der Waals surface area (Å²) in [5.74, 6) is 0.153. The van der Waals surface area contributed by atoms with Crippen LogP contribution < -0.4 is 0 Å². The number of ketones is 1. The van der Waals surface area contributed by atoms with E-state index in [1.54, 1.807) is 7.11 Å². The first-order valence-corrected chi connectivity index (χ1v) is 5.17. The molecule has 2 atom stereocenters. The van der Waals surface area contributed by atoms with Gasteiger partial charge in [0.05, 0.1) is 18.8 Å². The Morgan fingerprint density at radius 3 is 3.14 bits per heavy atom. The Balaban J connectivity index is 2.18. The zero-order valence-electron chi connectivity index (χ0n) is 8.49. The van der Waals surface area contributed by atoms with Gasteiger partial charge in [-0.25, -0.2) is 0 Å². The van der Waals surface area contributed by atoms with E-state index in [4.69, 9.17) is 9.47 Å². The van der Waals surface area contributed by atoms with E-state index in [9.17, 15) is 4.79 Å².